The Bertz CT molecular complexity index is 314. The lowest BCUT2D eigenvalue weighted by Gasteiger charge is -2.15. The summed E-state index contributed by atoms with van der Waals surface area (Å²) in [5, 5.41) is 12.5. The van der Waals surface area contributed by atoms with Crippen LogP contribution in [0.2, 0.25) is 0 Å². The maximum absolute atomic E-state index is 11.9. The number of rotatable bonds is 10. The van der Waals surface area contributed by atoms with Crippen LogP contribution in [-0.2, 0) is 23.2 Å². The van der Waals surface area contributed by atoms with E-state index in [2.05, 4.69) is 5.32 Å². The van der Waals surface area contributed by atoms with E-state index in [4.69, 9.17) is 9.05 Å². The minimum Gasteiger partial charge on any atom is -0.550 e. The van der Waals surface area contributed by atoms with E-state index in [9.17, 15) is 19.3 Å². The molecule has 18 heavy (non-hydrogen) atoms. The maximum Gasteiger partial charge on any atom is 0.389 e. The van der Waals surface area contributed by atoms with Crippen molar-refractivity contribution < 1.29 is 28.3 Å². The number of aliphatic carboxylic acids is 1. The lowest BCUT2D eigenvalue weighted by molar-refractivity contribution is -0.305. The summed E-state index contributed by atoms with van der Waals surface area (Å²) in [6.45, 7) is 0.467. The number of hydrogen-bond acceptors (Lipinski definition) is 7. The zero-order chi connectivity index (χ0) is 14.0. The molecule has 0 atom stereocenters. The van der Waals surface area contributed by atoms with Gasteiger partial charge in [0.2, 0.25) is 5.91 Å². The van der Waals surface area contributed by atoms with Crippen molar-refractivity contribution in [3.05, 3.63) is 0 Å². The van der Waals surface area contributed by atoms with Gasteiger partial charge in [0.15, 0.2) is 0 Å². The highest BCUT2D eigenvalue weighted by atomic mass is 32.7. The normalized spacial score (nSPS) is 11.2. The van der Waals surface area contributed by atoms with Crippen molar-refractivity contribution in [2.24, 2.45) is 0 Å². The van der Waals surface area contributed by atoms with Crippen molar-refractivity contribution in [3.8, 4) is 0 Å². The highest BCUT2D eigenvalue weighted by molar-refractivity contribution is 8.55. The molecule has 0 saturated heterocycles. The number of carboxylic acid groups (broad SMARTS) is 1. The number of carbonyl (C=O) groups excluding carboxylic acids is 2. The van der Waals surface area contributed by atoms with Crippen LogP contribution >= 0.6 is 18.2 Å². The van der Waals surface area contributed by atoms with E-state index in [1.807, 2.05) is 0 Å². The standard InChI is InChI=1S/C9H18NO6PS/c1-3-15-17(14,16-4-2)18-7-8(11)10-6-5-9(12)13/h3-7H2,1-2H3,(H,10,11)(H,12,13)/p-1. The summed E-state index contributed by atoms with van der Waals surface area (Å²) < 4.78 is 21.9. The third kappa shape index (κ3) is 8.52. The van der Waals surface area contributed by atoms with Crippen LogP contribution in [0.4, 0.5) is 0 Å². The smallest absolute Gasteiger partial charge is 0.389 e. The number of nitrogens with one attached hydrogen (secondary N) is 1. The molecule has 0 saturated carbocycles. The Kier molecular flexibility index (Phi) is 9.09. The van der Waals surface area contributed by atoms with Gasteiger partial charge in [-0.3, -0.25) is 4.79 Å². The first-order chi connectivity index (χ1) is 8.43. The molecule has 0 radical (unpaired) electrons. The van der Waals surface area contributed by atoms with Crippen LogP contribution in [0.1, 0.15) is 20.3 Å². The minimum absolute atomic E-state index is 0.0186. The Hall–Kier alpha value is -0.560. The molecule has 106 valence electrons. The summed E-state index contributed by atoms with van der Waals surface area (Å²) >= 11 is 0.776. The molecule has 1 N–H and O–H groups in total. The minimum atomic E-state index is -3.30. The molecule has 9 heteroatoms. The first-order valence-electron chi connectivity index (χ1n) is 5.43. The van der Waals surface area contributed by atoms with E-state index in [1.165, 1.54) is 0 Å². The SMILES string of the molecule is CCOP(=O)(OCC)SCC(=O)NCCC(=O)[O-]. The number of carbonyl (C=O) groups is 2. The third-order valence-electron chi connectivity index (χ3n) is 1.58. The molecule has 0 aliphatic rings. The van der Waals surface area contributed by atoms with Crippen molar-refractivity contribution in [1.29, 1.82) is 0 Å². The van der Waals surface area contributed by atoms with Gasteiger partial charge in [0.25, 0.3) is 0 Å². The highest BCUT2D eigenvalue weighted by Gasteiger charge is 2.25. The molecule has 0 aromatic rings. The van der Waals surface area contributed by atoms with E-state index < -0.39 is 18.7 Å². The molecule has 0 aliphatic carbocycles. The lowest BCUT2D eigenvalue weighted by Crippen LogP contribution is -2.31. The van der Waals surface area contributed by atoms with E-state index in [0.717, 1.165) is 11.4 Å². The molecule has 0 aliphatic heterocycles. The second-order valence-corrected chi connectivity index (χ2v) is 7.10. The van der Waals surface area contributed by atoms with Gasteiger partial charge in [-0.1, -0.05) is 0 Å². The van der Waals surface area contributed by atoms with E-state index >= 15 is 0 Å². The predicted octanol–water partition coefficient (Wildman–Crippen LogP) is 0.157. The van der Waals surface area contributed by atoms with Crippen LogP contribution in [0.5, 0.6) is 0 Å². The Labute approximate surface area is 110 Å². The van der Waals surface area contributed by atoms with Gasteiger partial charge in [0, 0.05) is 18.9 Å². The molecule has 1 amide bonds. The zero-order valence-electron chi connectivity index (χ0n) is 10.3. The van der Waals surface area contributed by atoms with Crippen LogP contribution in [0.15, 0.2) is 0 Å². The molecular formula is C9H17NO6PS-. The summed E-state index contributed by atoms with van der Waals surface area (Å²) in [4.78, 5) is 21.4. The van der Waals surface area contributed by atoms with E-state index in [0.29, 0.717) is 0 Å². The van der Waals surface area contributed by atoms with Crippen molar-refractivity contribution >= 4 is 30.1 Å². The van der Waals surface area contributed by atoms with Gasteiger partial charge >= 0.3 is 6.80 Å². The molecule has 0 fully saturated rings. The van der Waals surface area contributed by atoms with Crippen molar-refractivity contribution in [2.75, 3.05) is 25.5 Å². The Morgan fingerprint density at radius 1 is 1.28 bits per heavy atom. The molecule has 0 unspecified atom stereocenters. The number of carboxylic acids is 1. The third-order valence-corrected chi connectivity index (χ3v) is 5.40. The average Bonchev–Trinajstić information content (AvgIpc) is 2.27. The van der Waals surface area contributed by atoms with E-state index in [-0.39, 0.29) is 31.9 Å². The summed E-state index contributed by atoms with van der Waals surface area (Å²) in [6, 6.07) is 0. The van der Waals surface area contributed by atoms with Crippen LogP contribution in [0.3, 0.4) is 0 Å². The first kappa shape index (κ1) is 17.4. The molecule has 0 rings (SSSR count). The second-order valence-electron chi connectivity index (χ2n) is 3.03. The topological polar surface area (TPSA) is 105 Å². The number of hydrogen-bond donors (Lipinski definition) is 1. The predicted molar refractivity (Wildman–Crippen MR) is 66.0 cm³/mol. The zero-order valence-corrected chi connectivity index (χ0v) is 12.1. The average molecular weight is 298 g/mol. The van der Waals surface area contributed by atoms with Crippen molar-refractivity contribution in [1.82, 2.24) is 5.32 Å². The maximum atomic E-state index is 11.9. The fourth-order valence-corrected chi connectivity index (χ4v) is 4.06. The lowest BCUT2D eigenvalue weighted by atomic mass is 10.4. The highest BCUT2D eigenvalue weighted by Crippen LogP contribution is 2.60. The van der Waals surface area contributed by atoms with Gasteiger partial charge in [-0.25, -0.2) is 4.57 Å². The van der Waals surface area contributed by atoms with Gasteiger partial charge < -0.3 is 24.3 Å². The fourth-order valence-electron chi connectivity index (χ4n) is 0.921. The second kappa shape index (κ2) is 9.38. The van der Waals surface area contributed by atoms with Crippen LogP contribution in [0, 0.1) is 0 Å². The number of amides is 1. The first-order valence-corrected chi connectivity index (χ1v) is 8.57. The largest absolute Gasteiger partial charge is 0.550 e. The molecule has 0 bridgehead atoms. The summed E-state index contributed by atoms with van der Waals surface area (Å²) in [5.41, 5.74) is 0. The van der Waals surface area contributed by atoms with Crippen LogP contribution in [-0.4, -0.2) is 37.4 Å². The summed E-state index contributed by atoms with van der Waals surface area (Å²) in [6.07, 6.45) is -0.259. The van der Waals surface area contributed by atoms with Gasteiger partial charge in [0.1, 0.15) is 0 Å². The van der Waals surface area contributed by atoms with Crippen molar-refractivity contribution in [3.63, 3.8) is 0 Å². The monoisotopic (exact) mass is 298 g/mol. The van der Waals surface area contributed by atoms with Gasteiger partial charge in [-0.05, 0) is 25.2 Å². The van der Waals surface area contributed by atoms with Gasteiger partial charge in [-0.15, -0.1) is 0 Å². The Morgan fingerprint density at radius 3 is 2.28 bits per heavy atom. The van der Waals surface area contributed by atoms with Crippen molar-refractivity contribution in [2.45, 2.75) is 20.3 Å². The van der Waals surface area contributed by atoms with Crippen LogP contribution < -0.4 is 10.4 Å². The Morgan fingerprint density at radius 2 is 1.83 bits per heavy atom. The quantitative estimate of drug-likeness (QED) is 0.573. The molecular weight excluding hydrogens is 281 g/mol. The van der Waals surface area contributed by atoms with E-state index in [1.54, 1.807) is 13.8 Å². The van der Waals surface area contributed by atoms with Gasteiger partial charge in [-0.2, -0.15) is 0 Å². The summed E-state index contributed by atoms with van der Waals surface area (Å²) in [7, 11) is 0. The summed E-state index contributed by atoms with van der Waals surface area (Å²) in [5.74, 6) is -1.79. The molecule has 0 aromatic heterocycles. The molecule has 0 heterocycles. The fraction of sp³-hybridized carbons (Fsp3) is 0.778. The van der Waals surface area contributed by atoms with Gasteiger partial charge in [0.05, 0.1) is 19.0 Å². The molecule has 0 spiro atoms. The molecule has 7 nitrogen and oxygen atoms in total. The van der Waals surface area contributed by atoms with Crippen LogP contribution in [0.25, 0.3) is 0 Å². The Balaban J connectivity index is 3.99. The molecule has 0 aromatic carbocycles.